The Morgan fingerprint density at radius 3 is 2.23 bits per heavy atom. The molecule has 0 heterocycles. The zero-order chi connectivity index (χ0) is 20.2. The maximum atomic E-state index is 12.1. The van der Waals surface area contributed by atoms with E-state index in [1.54, 1.807) is 27.7 Å². The molecule has 0 saturated carbocycles. The van der Waals surface area contributed by atoms with Crippen LogP contribution >= 0.6 is 0 Å². The predicted octanol–water partition coefficient (Wildman–Crippen LogP) is 2.38. The van der Waals surface area contributed by atoms with Crippen molar-refractivity contribution in [2.75, 3.05) is 13.2 Å². The number of amides is 1. The van der Waals surface area contributed by atoms with E-state index >= 15 is 0 Å². The number of carbonyl (C=O) groups excluding carboxylic acids is 4. The molecule has 0 aliphatic rings. The molecule has 0 radical (unpaired) electrons. The number of unbranched alkanes of at least 4 members (excludes halogenated alkanes) is 2. The van der Waals surface area contributed by atoms with E-state index in [1.165, 1.54) is 6.92 Å². The van der Waals surface area contributed by atoms with Crippen molar-refractivity contribution in [1.82, 2.24) is 5.32 Å². The minimum absolute atomic E-state index is 0.138. The third-order valence-electron chi connectivity index (χ3n) is 3.30. The third kappa shape index (κ3) is 11.4. The predicted molar refractivity (Wildman–Crippen MR) is 94.4 cm³/mol. The molecule has 0 rings (SSSR count). The Bertz CT molecular complexity index is 471. The van der Waals surface area contributed by atoms with Gasteiger partial charge in [0.1, 0.15) is 17.9 Å². The van der Waals surface area contributed by atoms with E-state index in [-0.39, 0.29) is 12.6 Å². The van der Waals surface area contributed by atoms with Crippen molar-refractivity contribution < 1.29 is 33.4 Å². The molecule has 0 saturated heterocycles. The standard InChI is InChI=1S/C18H31NO7/c1-6-24-16(22)15(19-17(23)26-18(3,4)5)14(12-20)10-8-7-9-11-25-13(2)21/h12,14-15H,6-11H2,1-5H3,(H,19,23)/t14-,15-/m0/s1. The lowest BCUT2D eigenvalue weighted by Crippen LogP contribution is -2.49. The summed E-state index contributed by atoms with van der Waals surface area (Å²) in [4.78, 5) is 46.3. The van der Waals surface area contributed by atoms with Gasteiger partial charge in [-0.05, 0) is 40.5 Å². The molecule has 0 aliphatic heterocycles. The smallest absolute Gasteiger partial charge is 0.408 e. The topological polar surface area (TPSA) is 108 Å². The lowest BCUT2D eigenvalue weighted by molar-refractivity contribution is -0.148. The van der Waals surface area contributed by atoms with Gasteiger partial charge in [0, 0.05) is 12.8 Å². The number of nitrogens with one attached hydrogen (secondary N) is 1. The number of hydrogen-bond donors (Lipinski definition) is 1. The van der Waals surface area contributed by atoms with E-state index in [4.69, 9.17) is 14.2 Å². The van der Waals surface area contributed by atoms with Gasteiger partial charge in [0.05, 0.1) is 13.2 Å². The van der Waals surface area contributed by atoms with Crippen LogP contribution < -0.4 is 5.32 Å². The number of carbonyl (C=O) groups is 4. The Morgan fingerprint density at radius 1 is 1.08 bits per heavy atom. The third-order valence-corrected chi connectivity index (χ3v) is 3.30. The number of esters is 2. The number of aldehydes is 1. The zero-order valence-electron chi connectivity index (χ0n) is 16.3. The molecule has 0 aliphatic carbocycles. The first-order valence-electron chi connectivity index (χ1n) is 8.85. The van der Waals surface area contributed by atoms with Crippen LogP contribution in [0.3, 0.4) is 0 Å². The fourth-order valence-corrected chi connectivity index (χ4v) is 2.20. The van der Waals surface area contributed by atoms with Crippen LogP contribution in [0.4, 0.5) is 4.79 Å². The Kier molecular flexibility index (Phi) is 11.3. The number of rotatable bonds is 11. The molecular formula is C18H31NO7. The molecule has 0 unspecified atom stereocenters. The Hall–Kier alpha value is -2.12. The molecule has 8 heteroatoms. The van der Waals surface area contributed by atoms with Crippen LogP contribution in [-0.2, 0) is 28.6 Å². The monoisotopic (exact) mass is 373 g/mol. The molecular weight excluding hydrogens is 342 g/mol. The van der Waals surface area contributed by atoms with Gasteiger partial charge in [0.15, 0.2) is 0 Å². The molecule has 0 aromatic rings. The Balaban J connectivity index is 4.70. The van der Waals surface area contributed by atoms with Gasteiger partial charge in [0.25, 0.3) is 0 Å². The molecule has 1 N–H and O–H groups in total. The van der Waals surface area contributed by atoms with Crippen molar-refractivity contribution in [2.24, 2.45) is 5.92 Å². The molecule has 0 spiro atoms. The van der Waals surface area contributed by atoms with Crippen molar-refractivity contribution in [3.8, 4) is 0 Å². The molecule has 0 aromatic carbocycles. The zero-order valence-corrected chi connectivity index (χ0v) is 16.3. The highest BCUT2D eigenvalue weighted by atomic mass is 16.6. The maximum absolute atomic E-state index is 12.1. The van der Waals surface area contributed by atoms with Crippen LogP contribution in [0, 0.1) is 5.92 Å². The highest BCUT2D eigenvalue weighted by molar-refractivity contribution is 5.84. The molecule has 26 heavy (non-hydrogen) atoms. The summed E-state index contributed by atoms with van der Waals surface area (Å²) in [7, 11) is 0. The largest absolute Gasteiger partial charge is 0.466 e. The second-order valence-electron chi connectivity index (χ2n) is 6.87. The summed E-state index contributed by atoms with van der Waals surface area (Å²) < 4.78 is 14.9. The van der Waals surface area contributed by atoms with Gasteiger partial charge in [-0.25, -0.2) is 9.59 Å². The molecule has 0 aromatic heterocycles. The van der Waals surface area contributed by atoms with Gasteiger partial charge in [0.2, 0.25) is 0 Å². The summed E-state index contributed by atoms with van der Waals surface area (Å²) in [6.07, 6.45) is 2.27. The van der Waals surface area contributed by atoms with Gasteiger partial charge >= 0.3 is 18.0 Å². The SMILES string of the molecule is CCOC(=O)[C@@H](NC(=O)OC(C)(C)C)[C@H](C=O)CCCCCOC(C)=O. The van der Waals surface area contributed by atoms with E-state index in [1.807, 2.05) is 0 Å². The number of ether oxygens (including phenoxy) is 3. The normalized spacial score (nSPS) is 13.3. The van der Waals surface area contributed by atoms with Crippen LogP contribution in [0.25, 0.3) is 0 Å². The number of hydrogen-bond acceptors (Lipinski definition) is 7. The van der Waals surface area contributed by atoms with Gasteiger partial charge in [-0.1, -0.05) is 12.8 Å². The Morgan fingerprint density at radius 2 is 1.73 bits per heavy atom. The summed E-state index contributed by atoms with van der Waals surface area (Å²) >= 11 is 0. The first-order chi connectivity index (χ1) is 12.1. The molecule has 2 atom stereocenters. The van der Waals surface area contributed by atoms with Crippen molar-refractivity contribution >= 4 is 24.3 Å². The van der Waals surface area contributed by atoms with Gasteiger partial charge in [-0.2, -0.15) is 0 Å². The summed E-state index contributed by atoms with van der Waals surface area (Å²) in [6.45, 7) is 8.55. The lowest BCUT2D eigenvalue weighted by atomic mass is 9.94. The van der Waals surface area contributed by atoms with Crippen LogP contribution in [-0.4, -0.2) is 49.2 Å². The van der Waals surface area contributed by atoms with Crippen LogP contribution in [0.2, 0.25) is 0 Å². The summed E-state index contributed by atoms with van der Waals surface area (Å²) in [6, 6.07) is -1.10. The minimum Gasteiger partial charge on any atom is -0.466 e. The molecule has 1 amide bonds. The second-order valence-corrected chi connectivity index (χ2v) is 6.87. The first-order valence-corrected chi connectivity index (χ1v) is 8.85. The first kappa shape index (κ1) is 23.9. The van der Waals surface area contributed by atoms with Gasteiger partial charge < -0.3 is 24.3 Å². The van der Waals surface area contributed by atoms with E-state index in [0.717, 1.165) is 6.42 Å². The van der Waals surface area contributed by atoms with Crippen LogP contribution in [0.1, 0.15) is 60.3 Å². The van der Waals surface area contributed by atoms with E-state index in [9.17, 15) is 19.2 Å². The van der Waals surface area contributed by atoms with E-state index < -0.39 is 29.6 Å². The average molecular weight is 373 g/mol. The maximum Gasteiger partial charge on any atom is 0.408 e. The summed E-state index contributed by atoms with van der Waals surface area (Å²) in [5, 5.41) is 2.44. The quantitative estimate of drug-likeness (QED) is 0.256. The van der Waals surface area contributed by atoms with Gasteiger partial charge in [-0.3, -0.25) is 4.79 Å². The lowest BCUT2D eigenvalue weighted by Gasteiger charge is -2.25. The average Bonchev–Trinajstić information content (AvgIpc) is 2.50. The van der Waals surface area contributed by atoms with Crippen molar-refractivity contribution in [1.29, 1.82) is 0 Å². The fraction of sp³-hybridized carbons (Fsp3) is 0.778. The van der Waals surface area contributed by atoms with Crippen molar-refractivity contribution in [2.45, 2.75) is 71.9 Å². The summed E-state index contributed by atoms with van der Waals surface area (Å²) in [5.41, 5.74) is -0.726. The Labute approximate surface area is 154 Å². The highest BCUT2D eigenvalue weighted by Gasteiger charge is 2.32. The van der Waals surface area contributed by atoms with Crippen LogP contribution in [0.15, 0.2) is 0 Å². The fourth-order valence-electron chi connectivity index (χ4n) is 2.20. The van der Waals surface area contributed by atoms with Gasteiger partial charge in [-0.15, -0.1) is 0 Å². The number of alkyl carbamates (subject to hydrolysis) is 1. The molecule has 0 fully saturated rings. The van der Waals surface area contributed by atoms with Crippen LogP contribution in [0.5, 0.6) is 0 Å². The molecule has 8 nitrogen and oxygen atoms in total. The second kappa shape index (κ2) is 12.3. The summed E-state index contributed by atoms with van der Waals surface area (Å²) in [5.74, 6) is -1.73. The van der Waals surface area contributed by atoms with E-state index in [0.29, 0.717) is 32.2 Å². The van der Waals surface area contributed by atoms with E-state index in [2.05, 4.69) is 5.32 Å². The molecule has 150 valence electrons. The molecule has 0 bridgehead atoms. The van der Waals surface area contributed by atoms with Crippen molar-refractivity contribution in [3.05, 3.63) is 0 Å². The van der Waals surface area contributed by atoms with Crippen molar-refractivity contribution in [3.63, 3.8) is 0 Å². The minimum atomic E-state index is -1.10. The highest BCUT2D eigenvalue weighted by Crippen LogP contribution is 2.15.